The molecule has 2 atom stereocenters. The van der Waals surface area contributed by atoms with Gasteiger partial charge in [0.25, 0.3) is 5.91 Å². The fraction of sp³-hybridized carbons (Fsp3) is 0.231. The predicted octanol–water partition coefficient (Wildman–Crippen LogP) is 3.95. The molecular formula is C26H24N4O2. The fourth-order valence-electron chi connectivity index (χ4n) is 4.48. The summed E-state index contributed by atoms with van der Waals surface area (Å²) in [6.07, 6.45) is 7.46. The maximum atomic E-state index is 12.5. The van der Waals surface area contributed by atoms with E-state index in [1.807, 2.05) is 71.9 Å². The predicted molar refractivity (Wildman–Crippen MR) is 124 cm³/mol. The Labute approximate surface area is 187 Å². The molecule has 2 aromatic rings. The lowest BCUT2D eigenvalue weighted by atomic mass is 10.1. The number of hydrogen-bond acceptors (Lipinski definition) is 5. The normalized spacial score (nSPS) is 21.2. The SMILES string of the molecule is CC#CC(=O)N1CCCC1C1NC(c2ccc(Oc3ccccc3)cc2)=C2C=NC=CN21. The van der Waals surface area contributed by atoms with Crippen LogP contribution in [0.5, 0.6) is 11.5 Å². The highest BCUT2D eigenvalue weighted by molar-refractivity contribution is 5.95. The van der Waals surface area contributed by atoms with Gasteiger partial charge in [0, 0.05) is 24.5 Å². The number of ether oxygens (including phenoxy) is 1. The van der Waals surface area contributed by atoms with Crippen LogP contribution in [0.2, 0.25) is 0 Å². The van der Waals surface area contributed by atoms with E-state index >= 15 is 0 Å². The van der Waals surface area contributed by atoms with Gasteiger partial charge in [0.15, 0.2) is 0 Å². The third kappa shape index (κ3) is 3.74. The molecule has 0 spiro atoms. The summed E-state index contributed by atoms with van der Waals surface area (Å²) in [5, 5.41) is 3.67. The van der Waals surface area contributed by atoms with Crippen molar-refractivity contribution in [2.24, 2.45) is 4.99 Å². The number of benzene rings is 2. The van der Waals surface area contributed by atoms with E-state index < -0.39 is 0 Å². The molecule has 0 saturated carbocycles. The van der Waals surface area contributed by atoms with Crippen LogP contribution in [0.25, 0.3) is 5.70 Å². The highest BCUT2D eigenvalue weighted by Crippen LogP contribution is 2.35. The highest BCUT2D eigenvalue weighted by Gasteiger charge is 2.42. The lowest BCUT2D eigenvalue weighted by Gasteiger charge is -2.34. The molecule has 1 N–H and O–H groups in total. The van der Waals surface area contributed by atoms with E-state index in [1.54, 1.807) is 13.1 Å². The summed E-state index contributed by atoms with van der Waals surface area (Å²) in [6.45, 7) is 2.43. The molecule has 0 aliphatic carbocycles. The van der Waals surface area contributed by atoms with Crippen LogP contribution in [-0.4, -0.2) is 40.7 Å². The third-order valence-corrected chi connectivity index (χ3v) is 5.91. The van der Waals surface area contributed by atoms with Crippen LogP contribution in [0.1, 0.15) is 25.3 Å². The number of likely N-dealkylation sites (tertiary alicyclic amines) is 1. The number of allylic oxidation sites excluding steroid dienone is 1. The van der Waals surface area contributed by atoms with Gasteiger partial charge < -0.3 is 19.9 Å². The van der Waals surface area contributed by atoms with Crippen molar-refractivity contribution in [3.8, 4) is 23.3 Å². The van der Waals surface area contributed by atoms with Gasteiger partial charge in [-0.2, -0.15) is 0 Å². The van der Waals surface area contributed by atoms with Crippen LogP contribution in [0.15, 0.2) is 77.7 Å². The number of aliphatic imine (C=N–C) groups is 1. The summed E-state index contributed by atoms with van der Waals surface area (Å²) in [5.74, 6) is 6.91. The number of carbonyl (C=O) groups excluding carboxylic acids is 1. The number of amides is 1. The Morgan fingerprint density at radius 2 is 1.91 bits per heavy atom. The minimum absolute atomic E-state index is 0.0349. The van der Waals surface area contributed by atoms with Crippen LogP contribution in [0, 0.1) is 11.8 Å². The summed E-state index contributed by atoms with van der Waals surface area (Å²) in [7, 11) is 0. The van der Waals surface area contributed by atoms with Gasteiger partial charge in [-0.25, -0.2) is 0 Å². The van der Waals surface area contributed by atoms with Crippen molar-refractivity contribution < 1.29 is 9.53 Å². The van der Waals surface area contributed by atoms with Crippen molar-refractivity contribution in [3.63, 3.8) is 0 Å². The van der Waals surface area contributed by atoms with Crippen molar-refractivity contribution in [1.82, 2.24) is 15.1 Å². The quantitative estimate of drug-likeness (QED) is 0.756. The van der Waals surface area contributed by atoms with Gasteiger partial charge in [0.05, 0.1) is 23.7 Å². The topological polar surface area (TPSA) is 57.2 Å². The van der Waals surface area contributed by atoms with Gasteiger partial charge in [-0.15, -0.1) is 0 Å². The van der Waals surface area contributed by atoms with E-state index in [0.29, 0.717) is 0 Å². The molecule has 6 nitrogen and oxygen atoms in total. The molecule has 3 aliphatic rings. The monoisotopic (exact) mass is 424 g/mol. The first-order chi connectivity index (χ1) is 15.7. The minimum atomic E-state index is -0.108. The second-order valence-electron chi connectivity index (χ2n) is 7.86. The van der Waals surface area contributed by atoms with E-state index in [0.717, 1.165) is 47.8 Å². The van der Waals surface area contributed by atoms with Gasteiger partial charge in [0.1, 0.15) is 17.7 Å². The number of nitrogens with zero attached hydrogens (tertiary/aromatic N) is 3. The summed E-state index contributed by atoms with van der Waals surface area (Å²) >= 11 is 0. The largest absolute Gasteiger partial charge is 0.457 e. The second-order valence-corrected chi connectivity index (χ2v) is 7.86. The second kappa shape index (κ2) is 8.64. The Kier molecular flexibility index (Phi) is 5.39. The lowest BCUT2D eigenvalue weighted by Crippen LogP contribution is -2.52. The molecule has 160 valence electrons. The summed E-state index contributed by atoms with van der Waals surface area (Å²) in [4.78, 5) is 21.0. The molecule has 32 heavy (non-hydrogen) atoms. The molecule has 0 bridgehead atoms. The molecule has 1 amide bonds. The standard InChI is InChI=1S/C26H24N4O2/c1-2-7-24(31)29-16-6-10-22(29)26-28-25(23-18-27-15-17-30(23)26)19-11-13-21(14-12-19)32-20-8-4-3-5-9-20/h3-5,8-9,11-15,17-18,22,26,28H,6,10,16H2,1H3. The Bertz CT molecular complexity index is 1160. The number of hydrogen-bond donors (Lipinski definition) is 1. The minimum Gasteiger partial charge on any atom is -0.457 e. The van der Waals surface area contributed by atoms with Crippen molar-refractivity contribution in [2.75, 3.05) is 6.54 Å². The molecule has 3 aliphatic heterocycles. The van der Waals surface area contributed by atoms with E-state index in [4.69, 9.17) is 4.74 Å². The number of rotatable bonds is 4. The maximum Gasteiger partial charge on any atom is 0.298 e. The fourth-order valence-corrected chi connectivity index (χ4v) is 4.48. The first kappa shape index (κ1) is 20.0. The van der Waals surface area contributed by atoms with Crippen molar-refractivity contribution in [2.45, 2.75) is 32.0 Å². The lowest BCUT2D eigenvalue weighted by molar-refractivity contribution is -0.126. The van der Waals surface area contributed by atoms with E-state index in [-0.39, 0.29) is 18.1 Å². The van der Waals surface area contributed by atoms with Crippen LogP contribution >= 0.6 is 0 Å². The van der Waals surface area contributed by atoms with Crippen LogP contribution in [0.4, 0.5) is 0 Å². The van der Waals surface area contributed by atoms with Crippen LogP contribution in [-0.2, 0) is 4.79 Å². The number of para-hydroxylation sites is 1. The molecule has 2 aromatic carbocycles. The highest BCUT2D eigenvalue weighted by atomic mass is 16.5. The van der Waals surface area contributed by atoms with Crippen molar-refractivity contribution in [1.29, 1.82) is 0 Å². The van der Waals surface area contributed by atoms with Crippen LogP contribution in [0.3, 0.4) is 0 Å². The van der Waals surface area contributed by atoms with Gasteiger partial charge in [-0.3, -0.25) is 9.79 Å². The summed E-state index contributed by atoms with van der Waals surface area (Å²) < 4.78 is 5.93. The van der Waals surface area contributed by atoms with E-state index in [9.17, 15) is 4.79 Å². The Balaban J connectivity index is 1.39. The molecule has 6 heteroatoms. The van der Waals surface area contributed by atoms with E-state index in [2.05, 4.69) is 27.0 Å². The molecular weight excluding hydrogens is 400 g/mol. The van der Waals surface area contributed by atoms with Gasteiger partial charge in [0.2, 0.25) is 0 Å². The maximum absolute atomic E-state index is 12.5. The summed E-state index contributed by atoms with van der Waals surface area (Å²) in [5.41, 5.74) is 3.03. The molecule has 3 heterocycles. The third-order valence-electron chi connectivity index (χ3n) is 5.91. The first-order valence-electron chi connectivity index (χ1n) is 10.8. The van der Waals surface area contributed by atoms with Gasteiger partial charge in [-0.05, 0) is 62.1 Å². The number of nitrogens with one attached hydrogen (secondary N) is 1. The molecule has 2 unspecified atom stereocenters. The first-order valence-corrected chi connectivity index (χ1v) is 10.8. The average Bonchev–Trinajstić information content (AvgIpc) is 3.46. The smallest absolute Gasteiger partial charge is 0.298 e. The Morgan fingerprint density at radius 1 is 1.12 bits per heavy atom. The van der Waals surface area contributed by atoms with Gasteiger partial charge >= 0.3 is 0 Å². The zero-order valence-corrected chi connectivity index (χ0v) is 17.9. The zero-order chi connectivity index (χ0) is 21.9. The summed E-state index contributed by atoms with van der Waals surface area (Å²) in [6, 6.07) is 17.8. The van der Waals surface area contributed by atoms with Gasteiger partial charge in [-0.1, -0.05) is 24.1 Å². The Hall–Kier alpha value is -3.98. The zero-order valence-electron chi connectivity index (χ0n) is 17.9. The van der Waals surface area contributed by atoms with Crippen molar-refractivity contribution >= 4 is 17.8 Å². The molecule has 1 fully saturated rings. The average molecular weight is 425 g/mol. The molecule has 0 radical (unpaired) electrons. The van der Waals surface area contributed by atoms with E-state index in [1.165, 1.54) is 0 Å². The number of fused-ring (bicyclic) bond motifs is 1. The molecule has 1 saturated heterocycles. The molecule has 0 aromatic heterocycles. The Morgan fingerprint density at radius 3 is 2.69 bits per heavy atom. The van der Waals surface area contributed by atoms with Crippen LogP contribution < -0.4 is 10.1 Å². The molecule has 5 rings (SSSR count). The van der Waals surface area contributed by atoms with Crippen molar-refractivity contribution in [3.05, 3.63) is 78.3 Å². The number of carbonyl (C=O) groups is 1.